The van der Waals surface area contributed by atoms with Gasteiger partial charge in [-0.15, -0.1) is 0 Å². The molecule has 0 spiro atoms. The van der Waals surface area contributed by atoms with E-state index in [9.17, 15) is 14.7 Å². The lowest BCUT2D eigenvalue weighted by atomic mass is 10.1. The summed E-state index contributed by atoms with van der Waals surface area (Å²) in [5, 5.41) is 12.2. The van der Waals surface area contributed by atoms with E-state index in [1.54, 1.807) is 6.07 Å². The molecule has 1 aliphatic rings. The molecule has 2 N–H and O–H groups in total. The van der Waals surface area contributed by atoms with Crippen LogP contribution in [0, 0.1) is 6.92 Å². The highest BCUT2D eigenvalue weighted by Crippen LogP contribution is 2.21. The third-order valence-corrected chi connectivity index (χ3v) is 3.82. The van der Waals surface area contributed by atoms with Crippen LogP contribution in [0.5, 0.6) is 0 Å². The van der Waals surface area contributed by atoms with Crippen molar-refractivity contribution in [2.24, 2.45) is 0 Å². The second kappa shape index (κ2) is 6.37. The predicted molar refractivity (Wildman–Crippen MR) is 79.3 cm³/mol. The van der Waals surface area contributed by atoms with Gasteiger partial charge in [-0.2, -0.15) is 0 Å². The van der Waals surface area contributed by atoms with Gasteiger partial charge < -0.3 is 15.3 Å². The highest BCUT2D eigenvalue weighted by atomic mass is 79.9. The maximum absolute atomic E-state index is 12.0. The molecule has 0 radical (unpaired) electrons. The fourth-order valence-corrected chi connectivity index (χ4v) is 2.55. The number of benzene rings is 1. The van der Waals surface area contributed by atoms with Gasteiger partial charge in [0.05, 0.1) is 6.10 Å². The lowest BCUT2D eigenvalue weighted by Gasteiger charge is -2.29. The molecular formula is C14H17BrN2O3. The molecule has 20 heavy (non-hydrogen) atoms. The van der Waals surface area contributed by atoms with Crippen molar-refractivity contribution in [3.05, 3.63) is 28.2 Å². The zero-order chi connectivity index (χ0) is 14.7. The topological polar surface area (TPSA) is 69.6 Å². The first-order valence-electron chi connectivity index (χ1n) is 6.52. The average Bonchev–Trinajstić information content (AvgIpc) is 2.42. The molecule has 1 fully saturated rings. The third-order valence-electron chi connectivity index (χ3n) is 3.33. The average molecular weight is 341 g/mol. The number of nitrogens with one attached hydrogen (secondary N) is 1. The van der Waals surface area contributed by atoms with Crippen LogP contribution >= 0.6 is 15.9 Å². The number of aliphatic hydroxyl groups is 1. The SMILES string of the molecule is Cc1ccc(Br)cc1NC(=O)C(=O)N1CCCC(O)C1. The van der Waals surface area contributed by atoms with Crippen molar-refractivity contribution in [3.8, 4) is 0 Å². The van der Waals surface area contributed by atoms with Crippen LogP contribution in [0.25, 0.3) is 0 Å². The fourth-order valence-electron chi connectivity index (χ4n) is 2.19. The number of β-amino-alcohol motifs (C(OH)–C–C–N with tert-alkyl or cyclic N) is 1. The number of piperidine rings is 1. The van der Waals surface area contributed by atoms with Gasteiger partial charge in [0.25, 0.3) is 0 Å². The molecule has 0 aliphatic carbocycles. The molecular weight excluding hydrogens is 324 g/mol. The summed E-state index contributed by atoms with van der Waals surface area (Å²) in [6.07, 6.45) is 0.861. The van der Waals surface area contributed by atoms with E-state index in [0.29, 0.717) is 18.7 Å². The Hall–Kier alpha value is -1.40. The Morgan fingerprint density at radius 2 is 2.20 bits per heavy atom. The zero-order valence-corrected chi connectivity index (χ0v) is 12.8. The number of aryl methyl sites for hydroxylation is 1. The van der Waals surface area contributed by atoms with Crippen molar-refractivity contribution >= 4 is 33.4 Å². The number of likely N-dealkylation sites (tertiary alicyclic amines) is 1. The van der Waals surface area contributed by atoms with Crippen molar-refractivity contribution in [1.82, 2.24) is 4.90 Å². The number of hydrogen-bond acceptors (Lipinski definition) is 3. The van der Waals surface area contributed by atoms with E-state index >= 15 is 0 Å². The summed E-state index contributed by atoms with van der Waals surface area (Å²) >= 11 is 3.33. The van der Waals surface area contributed by atoms with Crippen molar-refractivity contribution in [2.45, 2.75) is 25.9 Å². The van der Waals surface area contributed by atoms with Gasteiger partial charge in [0.1, 0.15) is 0 Å². The van der Waals surface area contributed by atoms with E-state index in [0.717, 1.165) is 16.5 Å². The minimum absolute atomic E-state index is 0.226. The Balaban J connectivity index is 2.04. The van der Waals surface area contributed by atoms with E-state index in [4.69, 9.17) is 0 Å². The van der Waals surface area contributed by atoms with Crippen LogP contribution in [-0.4, -0.2) is 41.0 Å². The van der Waals surface area contributed by atoms with Crippen LogP contribution in [0.4, 0.5) is 5.69 Å². The molecule has 2 amide bonds. The van der Waals surface area contributed by atoms with Gasteiger partial charge in [0.2, 0.25) is 0 Å². The van der Waals surface area contributed by atoms with Gasteiger partial charge >= 0.3 is 11.8 Å². The zero-order valence-electron chi connectivity index (χ0n) is 11.2. The summed E-state index contributed by atoms with van der Waals surface area (Å²) in [6, 6.07) is 5.48. The number of carbonyl (C=O) groups is 2. The van der Waals surface area contributed by atoms with E-state index in [2.05, 4.69) is 21.2 Å². The number of rotatable bonds is 1. The van der Waals surface area contributed by atoms with Gasteiger partial charge in [-0.1, -0.05) is 22.0 Å². The number of carbonyl (C=O) groups excluding carboxylic acids is 2. The molecule has 1 atom stereocenters. The summed E-state index contributed by atoms with van der Waals surface area (Å²) in [5.74, 6) is -1.26. The number of halogens is 1. The maximum Gasteiger partial charge on any atom is 0.313 e. The van der Waals surface area contributed by atoms with Gasteiger partial charge in [-0.3, -0.25) is 9.59 Å². The number of amides is 2. The fraction of sp³-hybridized carbons (Fsp3) is 0.429. The van der Waals surface area contributed by atoms with Crippen LogP contribution in [0.1, 0.15) is 18.4 Å². The minimum atomic E-state index is -0.666. The molecule has 1 aromatic rings. The Morgan fingerprint density at radius 1 is 1.45 bits per heavy atom. The van der Waals surface area contributed by atoms with Crippen LogP contribution in [0.3, 0.4) is 0 Å². The van der Waals surface area contributed by atoms with Crippen LogP contribution < -0.4 is 5.32 Å². The molecule has 5 nitrogen and oxygen atoms in total. The number of hydrogen-bond donors (Lipinski definition) is 2. The molecule has 1 aliphatic heterocycles. The number of anilines is 1. The monoisotopic (exact) mass is 340 g/mol. The Labute approximate surface area is 126 Å². The summed E-state index contributed by atoms with van der Waals surface area (Å²) in [5.41, 5.74) is 1.49. The lowest BCUT2D eigenvalue weighted by molar-refractivity contribution is -0.145. The smallest absolute Gasteiger partial charge is 0.313 e. The van der Waals surface area contributed by atoms with Crippen molar-refractivity contribution in [3.63, 3.8) is 0 Å². The molecule has 1 heterocycles. The molecule has 0 saturated carbocycles. The summed E-state index contributed by atoms with van der Waals surface area (Å²) in [6.45, 7) is 2.60. The van der Waals surface area contributed by atoms with Crippen LogP contribution in [-0.2, 0) is 9.59 Å². The second-order valence-corrected chi connectivity index (χ2v) is 5.88. The van der Waals surface area contributed by atoms with Gasteiger partial charge in [0.15, 0.2) is 0 Å². The Morgan fingerprint density at radius 3 is 2.90 bits per heavy atom. The maximum atomic E-state index is 12.0. The summed E-state index contributed by atoms with van der Waals surface area (Å²) in [7, 11) is 0. The van der Waals surface area contributed by atoms with Crippen molar-refractivity contribution in [2.75, 3.05) is 18.4 Å². The molecule has 0 bridgehead atoms. The highest BCUT2D eigenvalue weighted by Gasteiger charge is 2.27. The minimum Gasteiger partial charge on any atom is -0.391 e. The van der Waals surface area contributed by atoms with Crippen LogP contribution in [0.15, 0.2) is 22.7 Å². The molecule has 108 valence electrons. The molecule has 6 heteroatoms. The van der Waals surface area contributed by atoms with Crippen LogP contribution in [0.2, 0.25) is 0 Å². The standard InChI is InChI=1S/C14H17BrN2O3/c1-9-4-5-10(15)7-12(9)16-13(19)14(20)17-6-2-3-11(18)8-17/h4-5,7,11,18H,2-3,6,8H2,1H3,(H,16,19). The quantitative estimate of drug-likeness (QED) is 0.764. The van der Waals surface area contributed by atoms with E-state index in [1.165, 1.54) is 4.90 Å². The number of aliphatic hydroxyl groups excluding tert-OH is 1. The predicted octanol–water partition coefficient (Wildman–Crippen LogP) is 1.68. The normalized spacial score (nSPS) is 18.8. The molecule has 1 saturated heterocycles. The van der Waals surface area contributed by atoms with E-state index in [-0.39, 0.29) is 6.54 Å². The molecule has 1 aromatic carbocycles. The first-order chi connectivity index (χ1) is 9.47. The second-order valence-electron chi connectivity index (χ2n) is 4.96. The first kappa shape index (κ1) is 15.0. The van der Waals surface area contributed by atoms with Crippen molar-refractivity contribution < 1.29 is 14.7 Å². The first-order valence-corrected chi connectivity index (χ1v) is 7.31. The lowest BCUT2D eigenvalue weighted by Crippen LogP contribution is -2.46. The van der Waals surface area contributed by atoms with Crippen molar-refractivity contribution in [1.29, 1.82) is 0 Å². The Bertz CT molecular complexity index is 533. The van der Waals surface area contributed by atoms with Gasteiger partial charge in [-0.05, 0) is 37.5 Å². The molecule has 1 unspecified atom stereocenters. The molecule has 2 rings (SSSR count). The summed E-state index contributed by atoms with van der Waals surface area (Å²) < 4.78 is 0.833. The van der Waals surface area contributed by atoms with E-state index < -0.39 is 17.9 Å². The number of nitrogens with zero attached hydrogens (tertiary/aromatic N) is 1. The Kier molecular flexibility index (Phi) is 4.77. The molecule has 0 aromatic heterocycles. The summed E-state index contributed by atoms with van der Waals surface area (Å²) in [4.78, 5) is 25.4. The van der Waals surface area contributed by atoms with Gasteiger partial charge in [-0.25, -0.2) is 0 Å². The van der Waals surface area contributed by atoms with Gasteiger partial charge in [0, 0.05) is 23.2 Å². The third kappa shape index (κ3) is 3.58. The van der Waals surface area contributed by atoms with E-state index in [1.807, 2.05) is 19.1 Å². The highest BCUT2D eigenvalue weighted by molar-refractivity contribution is 9.10. The largest absolute Gasteiger partial charge is 0.391 e.